The molecule has 0 aromatic heterocycles. The maximum atomic E-state index is 14.8. The molecule has 1 heterocycles. The predicted molar refractivity (Wildman–Crippen MR) is 118 cm³/mol. The van der Waals surface area contributed by atoms with E-state index in [1.54, 1.807) is 0 Å². The van der Waals surface area contributed by atoms with Crippen molar-refractivity contribution in [3.8, 4) is 5.75 Å². The summed E-state index contributed by atoms with van der Waals surface area (Å²) in [6, 6.07) is 2.32. The first kappa shape index (κ1) is 22.6. The van der Waals surface area contributed by atoms with E-state index in [1.807, 2.05) is 0 Å². The molecule has 9 heteroatoms. The molecule has 6 rings (SSSR count). The topological polar surface area (TPSA) is 72.9 Å². The van der Waals surface area contributed by atoms with Gasteiger partial charge in [-0.25, -0.2) is 12.8 Å². The van der Waals surface area contributed by atoms with E-state index in [2.05, 4.69) is 0 Å². The molecule has 0 N–H and O–H groups in total. The fourth-order valence-corrected chi connectivity index (χ4v) is 8.30. The number of ketones is 1. The van der Waals surface area contributed by atoms with Crippen LogP contribution >= 0.6 is 11.6 Å². The third-order valence-electron chi connectivity index (χ3n) is 7.70. The van der Waals surface area contributed by atoms with Crippen LogP contribution in [0.5, 0.6) is 5.75 Å². The number of halogens is 2. The van der Waals surface area contributed by atoms with Gasteiger partial charge in [0.25, 0.3) is 0 Å². The van der Waals surface area contributed by atoms with Crippen molar-refractivity contribution in [1.29, 1.82) is 0 Å². The van der Waals surface area contributed by atoms with Crippen molar-refractivity contribution in [2.24, 2.45) is 23.2 Å². The van der Waals surface area contributed by atoms with Crippen LogP contribution in [0.15, 0.2) is 12.1 Å². The molecule has 176 valence electrons. The van der Waals surface area contributed by atoms with Gasteiger partial charge in [-0.2, -0.15) is 4.31 Å². The zero-order valence-corrected chi connectivity index (χ0v) is 19.6. The molecule has 6 nitrogen and oxygen atoms in total. The highest BCUT2D eigenvalue weighted by Gasteiger charge is 2.51. The summed E-state index contributed by atoms with van der Waals surface area (Å²) in [5, 5.41) is 0.128. The number of morpholine rings is 1. The Kier molecular flexibility index (Phi) is 6.01. The molecule has 0 unspecified atom stereocenters. The fraction of sp³-hybridized carbons (Fsp3) is 0.696. The largest absolute Gasteiger partial charge is 0.491 e. The lowest BCUT2D eigenvalue weighted by molar-refractivity contribution is -0.0745. The highest BCUT2D eigenvalue weighted by atomic mass is 35.5. The Balaban J connectivity index is 1.26. The van der Waals surface area contributed by atoms with Crippen LogP contribution in [0.25, 0.3) is 0 Å². The Hall–Kier alpha value is -1.22. The average Bonchev–Trinajstić information content (AvgIpc) is 2.73. The summed E-state index contributed by atoms with van der Waals surface area (Å²) >= 11 is 6.33. The van der Waals surface area contributed by atoms with Gasteiger partial charge in [-0.15, -0.1) is 0 Å². The highest BCUT2D eigenvalue weighted by Crippen LogP contribution is 2.60. The molecule has 1 saturated heterocycles. The summed E-state index contributed by atoms with van der Waals surface area (Å²) in [6.07, 6.45) is 7.48. The Morgan fingerprint density at radius 1 is 1.12 bits per heavy atom. The highest BCUT2D eigenvalue weighted by molar-refractivity contribution is 7.89. The molecule has 1 aromatic carbocycles. The number of carbonyl (C=O) groups is 1. The van der Waals surface area contributed by atoms with E-state index in [0.29, 0.717) is 6.61 Å². The van der Waals surface area contributed by atoms with Gasteiger partial charge in [0.05, 0.1) is 30.4 Å². The Morgan fingerprint density at radius 2 is 1.72 bits per heavy atom. The van der Waals surface area contributed by atoms with Gasteiger partial charge in [-0.3, -0.25) is 4.79 Å². The number of hydrogen-bond donors (Lipinski definition) is 0. The van der Waals surface area contributed by atoms with Crippen molar-refractivity contribution in [3.63, 3.8) is 0 Å². The van der Waals surface area contributed by atoms with E-state index in [4.69, 9.17) is 21.1 Å². The van der Waals surface area contributed by atoms with E-state index in [1.165, 1.54) is 29.6 Å². The summed E-state index contributed by atoms with van der Waals surface area (Å²) in [7, 11) is -3.84. The lowest BCUT2D eigenvalue weighted by atomic mass is 9.50. The standard InChI is InChI=1S/C23H29ClFNO5S/c24-19-8-18(21(27)13-32(28,29)26-1-3-30-4-2-26)20(25)9-22(19)31-14-23-10-15-5-16(11-23)7-17(6-15)12-23/h8-9,15-17H,1-7,10-14H2. The van der Waals surface area contributed by atoms with Crippen molar-refractivity contribution in [2.45, 2.75) is 38.5 Å². The third-order valence-corrected chi connectivity index (χ3v) is 9.77. The fourth-order valence-electron chi connectivity index (χ4n) is 6.71. The number of benzene rings is 1. The van der Waals surface area contributed by atoms with Crippen molar-refractivity contribution in [3.05, 3.63) is 28.5 Å². The number of nitrogens with zero attached hydrogens (tertiary/aromatic N) is 1. The van der Waals surface area contributed by atoms with Gasteiger partial charge in [0.2, 0.25) is 10.0 Å². The van der Waals surface area contributed by atoms with Crippen molar-refractivity contribution >= 4 is 27.4 Å². The minimum atomic E-state index is -3.84. The van der Waals surface area contributed by atoms with Gasteiger partial charge in [-0.05, 0) is 62.3 Å². The van der Waals surface area contributed by atoms with Gasteiger partial charge >= 0.3 is 0 Å². The molecule has 0 amide bonds. The van der Waals surface area contributed by atoms with E-state index in [0.717, 1.165) is 43.1 Å². The van der Waals surface area contributed by atoms with E-state index < -0.39 is 27.4 Å². The van der Waals surface area contributed by atoms with Gasteiger partial charge in [0, 0.05) is 24.6 Å². The van der Waals surface area contributed by atoms with Gasteiger partial charge < -0.3 is 9.47 Å². The second-order valence-electron chi connectivity index (χ2n) is 10.2. The second-order valence-corrected chi connectivity index (χ2v) is 12.5. The van der Waals surface area contributed by atoms with Crippen molar-refractivity contribution in [2.75, 3.05) is 38.7 Å². The Labute approximate surface area is 193 Å². The number of carbonyl (C=O) groups excluding carboxylic acids is 1. The zero-order chi connectivity index (χ0) is 22.5. The molecule has 0 radical (unpaired) electrons. The van der Waals surface area contributed by atoms with Crippen LogP contribution in [0.3, 0.4) is 0 Å². The number of sulfonamides is 1. The average molecular weight is 486 g/mol. The number of hydrogen-bond acceptors (Lipinski definition) is 5. The smallest absolute Gasteiger partial charge is 0.221 e. The minimum absolute atomic E-state index is 0.128. The van der Waals surface area contributed by atoms with E-state index >= 15 is 0 Å². The molecule has 1 aliphatic heterocycles. The molecule has 4 saturated carbocycles. The quantitative estimate of drug-likeness (QED) is 0.547. The van der Waals surface area contributed by atoms with E-state index in [-0.39, 0.29) is 48.1 Å². The predicted octanol–water partition coefficient (Wildman–Crippen LogP) is 3.92. The summed E-state index contributed by atoms with van der Waals surface area (Å²) in [5.74, 6) is 0.141. The number of Topliss-reactive ketones (excluding diaryl/α,β-unsaturated/α-hetero) is 1. The second kappa shape index (κ2) is 8.53. The minimum Gasteiger partial charge on any atom is -0.491 e. The summed E-state index contributed by atoms with van der Waals surface area (Å²) in [6.45, 7) is 1.45. The van der Waals surface area contributed by atoms with Crippen LogP contribution < -0.4 is 4.74 Å². The maximum Gasteiger partial charge on any atom is 0.221 e. The molecule has 5 fully saturated rings. The monoisotopic (exact) mass is 485 g/mol. The number of rotatable bonds is 7. The Morgan fingerprint density at radius 3 is 2.31 bits per heavy atom. The molecular weight excluding hydrogens is 457 g/mol. The first-order valence-corrected chi connectivity index (χ1v) is 13.4. The van der Waals surface area contributed by atoms with E-state index in [9.17, 15) is 17.6 Å². The summed E-state index contributed by atoms with van der Waals surface area (Å²) in [4.78, 5) is 12.6. The molecule has 0 spiro atoms. The Bertz CT molecular complexity index is 973. The lowest BCUT2D eigenvalue weighted by Gasteiger charge is -2.56. The zero-order valence-electron chi connectivity index (χ0n) is 18.0. The molecule has 5 aliphatic rings. The van der Waals surface area contributed by atoms with Gasteiger partial charge in [0.1, 0.15) is 17.3 Å². The lowest BCUT2D eigenvalue weighted by Crippen LogP contribution is -2.48. The van der Waals surface area contributed by atoms with Crippen molar-refractivity contribution in [1.82, 2.24) is 4.31 Å². The molecule has 0 atom stereocenters. The van der Waals surface area contributed by atoms with Crippen LogP contribution in [0, 0.1) is 29.0 Å². The van der Waals surface area contributed by atoms with Crippen LogP contribution in [-0.4, -0.2) is 57.2 Å². The first-order valence-electron chi connectivity index (χ1n) is 11.4. The molecule has 4 aliphatic carbocycles. The van der Waals surface area contributed by atoms with Crippen LogP contribution in [0.1, 0.15) is 48.9 Å². The van der Waals surface area contributed by atoms with Gasteiger partial charge in [0.15, 0.2) is 5.78 Å². The molecule has 1 aromatic rings. The molecular formula is C23H29ClFNO5S. The van der Waals surface area contributed by atoms with Crippen LogP contribution in [0.4, 0.5) is 4.39 Å². The van der Waals surface area contributed by atoms with Crippen molar-refractivity contribution < 1.29 is 27.1 Å². The third kappa shape index (κ3) is 4.43. The molecule has 4 bridgehead atoms. The summed E-state index contributed by atoms with van der Waals surface area (Å²) < 4.78 is 52.2. The van der Waals surface area contributed by atoms with Crippen LogP contribution in [0.2, 0.25) is 5.02 Å². The van der Waals surface area contributed by atoms with Crippen LogP contribution in [-0.2, 0) is 14.8 Å². The number of ether oxygens (including phenoxy) is 2. The SMILES string of the molecule is O=C(CS(=O)(=O)N1CCOCC1)c1cc(Cl)c(OCC23CC4CC(CC(C4)C2)C3)cc1F. The first-order chi connectivity index (χ1) is 15.2. The summed E-state index contributed by atoms with van der Waals surface area (Å²) in [5.41, 5.74) is -0.177. The van der Waals surface area contributed by atoms with Gasteiger partial charge in [-0.1, -0.05) is 11.6 Å². The maximum absolute atomic E-state index is 14.8. The normalized spacial score (nSPS) is 32.2. The molecule has 32 heavy (non-hydrogen) atoms.